The Labute approximate surface area is 106 Å². The second-order valence-electron chi connectivity index (χ2n) is 4.98. The van der Waals surface area contributed by atoms with E-state index in [9.17, 15) is 0 Å². The molecule has 96 valence electrons. The van der Waals surface area contributed by atoms with E-state index in [1.54, 1.807) is 12.5 Å². The molecule has 2 N–H and O–H groups in total. The predicted octanol–water partition coefficient (Wildman–Crippen LogP) is 0.787. The van der Waals surface area contributed by atoms with Crippen molar-refractivity contribution < 1.29 is 0 Å². The smallest absolute Gasteiger partial charge is 0.160 e. The number of nitrogens with one attached hydrogen (secondary N) is 2. The van der Waals surface area contributed by atoms with E-state index in [-0.39, 0.29) is 0 Å². The summed E-state index contributed by atoms with van der Waals surface area (Å²) in [4.78, 5) is 10.8. The number of aromatic amines is 1. The summed E-state index contributed by atoms with van der Waals surface area (Å²) in [6.45, 7) is 4.41. The molecule has 0 spiro atoms. The zero-order chi connectivity index (χ0) is 12.5. The minimum absolute atomic E-state index is 0.465. The maximum Gasteiger partial charge on any atom is 0.160 e. The highest BCUT2D eigenvalue weighted by atomic mass is 15.2. The molecule has 6 nitrogen and oxygen atoms in total. The predicted molar refractivity (Wildman–Crippen MR) is 70.5 cm³/mol. The average Bonchev–Trinajstić information content (AvgIpc) is 2.86. The van der Waals surface area contributed by atoms with Gasteiger partial charge in [0, 0.05) is 19.6 Å². The summed E-state index contributed by atoms with van der Waals surface area (Å²) < 4.78 is 0. The van der Waals surface area contributed by atoms with Gasteiger partial charge in [-0.15, -0.1) is 0 Å². The first kappa shape index (κ1) is 11.4. The van der Waals surface area contributed by atoms with Crippen LogP contribution in [-0.2, 0) is 0 Å². The van der Waals surface area contributed by atoms with Crippen LogP contribution in [0.1, 0.15) is 13.3 Å². The molecule has 1 aliphatic rings. The topological polar surface area (TPSA) is 69.7 Å². The van der Waals surface area contributed by atoms with Crippen LogP contribution >= 0.6 is 0 Å². The third-order valence-electron chi connectivity index (χ3n) is 3.85. The fourth-order valence-corrected chi connectivity index (χ4v) is 2.68. The normalized spacial score (nSPS) is 24.3. The molecule has 0 aliphatic carbocycles. The Kier molecular flexibility index (Phi) is 2.87. The molecule has 1 fully saturated rings. The number of piperidine rings is 1. The van der Waals surface area contributed by atoms with E-state index in [0.717, 1.165) is 29.9 Å². The van der Waals surface area contributed by atoms with Crippen LogP contribution < -0.4 is 10.2 Å². The van der Waals surface area contributed by atoms with Gasteiger partial charge in [0.2, 0.25) is 0 Å². The number of H-pyrrole nitrogens is 1. The first-order valence-electron chi connectivity index (χ1n) is 6.35. The number of fused-ring (bicyclic) bond motifs is 1. The molecule has 1 saturated heterocycles. The third-order valence-corrected chi connectivity index (χ3v) is 3.85. The Bertz CT molecular complexity index is 536. The van der Waals surface area contributed by atoms with E-state index in [0.29, 0.717) is 12.0 Å². The van der Waals surface area contributed by atoms with Crippen LogP contribution in [0.2, 0.25) is 0 Å². The molecular weight excluding hydrogens is 228 g/mol. The summed E-state index contributed by atoms with van der Waals surface area (Å²) in [6, 6.07) is 0.465. The lowest BCUT2D eigenvalue weighted by Crippen LogP contribution is -2.49. The summed E-state index contributed by atoms with van der Waals surface area (Å²) in [5, 5.41) is 11.4. The number of rotatable bonds is 2. The van der Waals surface area contributed by atoms with Crippen LogP contribution in [0.15, 0.2) is 12.5 Å². The van der Waals surface area contributed by atoms with Gasteiger partial charge in [0.1, 0.15) is 12.1 Å². The molecule has 2 aromatic heterocycles. The lowest BCUT2D eigenvalue weighted by molar-refractivity contribution is 0.338. The van der Waals surface area contributed by atoms with Crippen molar-refractivity contribution in [2.75, 3.05) is 25.0 Å². The molecule has 1 aliphatic heterocycles. The van der Waals surface area contributed by atoms with Crippen LogP contribution in [0.4, 0.5) is 5.82 Å². The van der Waals surface area contributed by atoms with Crippen molar-refractivity contribution in [3.05, 3.63) is 12.5 Å². The monoisotopic (exact) mass is 246 g/mol. The first-order valence-corrected chi connectivity index (χ1v) is 6.35. The quantitative estimate of drug-likeness (QED) is 0.819. The molecule has 2 aromatic rings. The number of nitrogens with zero attached hydrogens (tertiary/aromatic N) is 4. The number of aromatic nitrogens is 4. The van der Waals surface area contributed by atoms with E-state index >= 15 is 0 Å². The largest absolute Gasteiger partial charge is 0.354 e. The molecule has 0 bridgehead atoms. The molecule has 0 radical (unpaired) electrons. The highest BCUT2D eigenvalue weighted by Gasteiger charge is 2.26. The molecule has 2 atom stereocenters. The summed E-state index contributed by atoms with van der Waals surface area (Å²) >= 11 is 0. The summed E-state index contributed by atoms with van der Waals surface area (Å²) in [7, 11) is 2.10. The van der Waals surface area contributed by atoms with Crippen LogP contribution in [0.5, 0.6) is 0 Å². The van der Waals surface area contributed by atoms with E-state index < -0.39 is 0 Å². The van der Waals surface area contributed by atoms with Crippen molar-refractivity contribution in [3.8, 4) is 0 Å². The Morgan fingerprint density at radius 2 is 2.28 bits per heavy atom. The number of hydrogen-bond donors (Lipinski definition) is 2. The number of hydrogen-bond acceptors (Lipinski definition) is 5. The minimum Gasteiger partial charge on any atom is -0.354 e. The van der Waals surface area contributed by atoms with Crippen LogP contribution in [0.25, 0.3) is 11.0 Å². The molecule has 3 rings (SSSR count). The Hall–Kier alpha value is -1.69. The van der Waals surface area contributed by atoms with E-state index in [1.165, 1.54) is 6.42 Å². The van der Waals surface area contributed by atoms with Gasteiger partial charge in [0.15, 0.2) is 5.65 Å². The molecule has 6 heteroatoms. The molecule has 18 heavy (non-hydrogen) atoms. The fraction of sp³-hybridized carbons (Fsp3) is 0.583. The number of anilines is 1. The maximum absolute atomic E-state index is 4.42. The Morgan fingerprint density at radius 1 is 1.39 bits per heavy atom. The molecule has 0 amide bonds. The van der Waals surface area contributed by atoms with Crippen LogP contribution in [-0.4, -0.2) is 46.3 Å². The zero-order valence-electron chi connectivity index (χ0n) is 10.7. The van der Waals surface area contributed by atoms with Gasteiger partial charge in [-0.2, -0.15) is 5.10 Å². The first-order chi connectivity index (χ1) is 8.77. The number of likely N-dealkylation sites (N-methyl/N-ethyl adjacent to an activating group) is 1. The molecule has 0 unspecified atom stereocenters. The van der Waals surface area contributed by atoms with Crippen molar-refractivity contribution in [2.45, 2.75) is 19.4 Å². The summed E-state index contributed by atoms with van der Waals surface area (Å²) in [5.41, 5.74) is 0.795. The highest BCUT2D eigenvalue weighted by molar-refractivity contribution is 5.86. The summed E-state index contributed by atoms with van der Waals surface area (Å²) in [5.74, 6) is 1.61. The van der Waals surface area contributed by atoms with Gasteiger partial charge in [0.05, 0.1) is 11.6 Å². The van der Waals surface area contributed by atoms with Gasteiger partial charge < -0.3 is 10.2 Å². The average molecular weight is 246 g/mol. The lowest BCUT2D eigenvalue weighted by atomic mass is 9.93. The maximum atomic E-state index is 4.42. The second-order valence-corrected chi connectivity index (χ2v) is 4.98. The van der Waals surface area contributed by atoms with Gasteiger partial charge in [-0.1, -0.05) is 6.92 Å². The van der Waals surface area contributed by atoms with Crippen molar-refractivity contribution in [1.82, 2.24) is 25.5 Å². The van der Waals surface area contributed by atoms with Crippen molar-refractivity contribution in [2.24, 2.45) is 5.92 Å². The summed E-state index contributed by atoms with van der Waals surface area (Å²) in [6.07, 6.45) is 4.59. The van der Waals surface area contributed by atoms with E-state index in [1.807, 2.05) is 0 Å². The Balaban J connectivity index is 1.95. The fourth-order valence-electron chi connectivity index (χ4n) is 2.68. The third kappa shape index (κ3) is 1.82. The molecular formula is C12H18N6. The zero-order valence-corrected chi connectivity index (χ0v) is 10.7. The SMILES string of the molecule is C[C@@H]1CCNC[C@@H]1N(C)c1ncnc2[nH]ncc12. The van der Waals surface area contributed by atoms with Crippen LogP contribution in [0.3, 0.4) is 0 Å². The molecule has 3 heterocycles. The van der Waals surface area contributed by atoms with Gasteiger partial charge >= 0.3 is 0 Å². The van der Waals surface area contributed by atoms with Crippen molar-refractivity contribution in [3.63, 3.8) is 0 Å². The second kappa shape index (κ2) is 4.53. The van der Waals surface area contributed by atoms with Gasteiger partial charge in [-0.3, -0.25) is 5.10 Å². The van der Waals surface area contributed by atoms with E-state index in [2.05, 4.69) is 44.4 Å². The van der Waals surface area contributed by atoms with Gasteiger partial charge in [0.25, 0.3) is 0 Å². The lowest BCUT2D eigenvalue weighted by Gasteiger charge is -2.37. The highest BCUT2D eigenvalue weighted by Crippen LogP contribution is 2.25. The standard InChI is InChI=1S/C12H18N6/c1-8-3-4-13-6-10(8)18(2)12-9-5-16-17-11(9)14-7-15-12/h5,7-8,10,13H,3-4,6H2,1-2H3,(H,14,15,16,17)/t8-,10+/m1/s1. The van der Waals surface area contributed by atoms with E-state index in [4.69, 9.17) is 0 Å². The Morgan fingerprint density at radius 3 is 3.11 bits per heavy atom. The van der Waals surface area contributed by atoms with Crippen molar-refractivity contribution >= 4 is 16.9 Å². The molecule has 0 aromatic carbocycles. The van der Waals surface area contributed by atoms with Crippen molar-refractivity contribution in [1.29, 1.82) is 0 Å². The molecule has 0 saturated carbocycles. The minimum atomic E-state index is 0.465. The van der Waals surface area contributed by atoms with Gasteiger partial charge in [-0.05, 0) is 18.9 Å². The van der Waals surface area contributed by atoms with Gasteiger partial charge in [-0.25, -0.2) is 9.97 Å². The van der Waals surface area contributed by atoms with Crippen LogP contribution in [0, 0.1) is 5.92 Å².